The topological polar surface area (TPSA) is 52.6 Å². The highest BCUT2D eigenvalue weighted by Gasteiger charge is 2.49. The molecule has 0 bridgehead atoms. The molecule has 1 aliphatic rings. The minimum atomic E-state index is -0.992. The summed E-state index contributed by atoms with van der Waals surface area (Å²) in [6.07, 6.45) is 6.29. The van der Waals surface area contributed by atoms with E-state index in [1.807, 2.05) is 18.2 Å². The van der Waals surface area contributed by atoms with Crippen molar-refractivity contribution in [1.29, 1.82) is 0 Å². The van der Waals surface area contributed by atoms with Crippen molar-refractivity contribution in [2.24, 2.45) is 0 Å². The van der Waals surface area contributed by atoms with Crippen molar-refractivity contribution in [3.8, 4) is 0 Å². The van der Waals surface area contributed by atoms with Gasteiger partial charge in [0, 0.05) is 16.7 Å². The van der Waals surface area contributed by atoms with Gasteiger partial charge < -0.3 is 13.6 Å². The summed E-state index contributed by atoms with van der Waals surface area (Å²) < 4.78 is 16.1. The lowest BCUT2D eigenvalue weighted by Gasteiger charge is -2.26. The highest BCUT2D eigenvalue weighted by atomic mass is 16.6. The minimum absolute atomic E-state index is 0.344. The van der Waals surface area contributed by atoms with Gasteiger partial charge in [0.15, 0.2) is 5.60 Å². The molecule has 0 atom stereocenters. The van der Waals surface area contributed by atoms with Crippen molar-refractivity contribution in [1.82, 2.24) is 0 Å². The summed E-state index contributed by atoms with van der Waals surface area (Å²) in [5.41, 5.74) is 1.89. The number of ether oxygens (including phenoxy) is 1. The van der Waals surface area contributed by atoms with Gasteiger partial charge in [0.1, 0.15) is 0 Å². The van der Waals surface area contributed by atoms with E-state index in [4.69, 9.17) is 13.6 Å². The van der Waals surface area contributed by atoms with Gasteiger partial charge in [-0.05, 0) is 18.2 Å². The number of hydrogen-bond donors (Lipinski definition) is 0. The van der Waals surface area contributed by atoms with Crippen LogP contribution in [0.4, 0.5) is 0 Å². The van der Waals surface area contributed by atoms with Crippen molar-refractivity contribution in [2.45, 2.75) is 5.60 Å². The third-order valence-electron chi connectivity index (χ3n) is 3.63. The van der Waals surface area contributed by atoms with Crippen LogP contribution in [0, 0.1) is 0 Å². The van der Waals surface area contributed by atoms with E-state index in [0.717, 1.165) is 16.7 Å². The molecule has 20 heavy (non-hydrogen) atoms. The lowest BCUT2D eigenvalue weighted by molar-refractivity contribution is 0.0248. The first-order valence-corrected chi connectivity index (χ1v) is 6.20. The standard InChI is InChI=1S/C16H10O4/c17-15-13-3-1-2-4-14(13)16(20-15,11-5-7-18-9-11)12-6-8-19-10-12/h1-10H. The fourth-order valence-electron chi connectivity index (χ4n) is 2.74. The third-order valence-corrected chi connectivity index (χ3v) is 3.63. The molecular weight excluding hydrogens is 256 g/mol. The van der Waals surface area contributed by atoms with Crippen LogP contribution in [0.25, 0.3) is 0 Å². The molecule has 3 heterocycles. The van der Waals surface area contributed by atoms with E-state index in [0.29, 0.717) is 5.56 Å². The fraction of sp³-hybridized carbons (Fsp3) is 0.0625. The fourth-order valence-corrected chi connectivity index (χ4v) is 2.74. The molecule has 2 aromatic heterocycles. The largest absolute Gasteiger partial charge is 0.472 e. The van der Waals surface area contributed by atoms with Crippen molar-refractivity contribution < 1.29 is 18.4 Å². The lowest BCUT2D eigenvalue weighted by atomic mass is 9.82. The molecule has 0 fully saturated rings. The van der Waals surface area contributed by atoms with E-state index in [1.165, 1.54) is 0 Å². The number of rotatable bonds is 2. The molecule has 0 N–H and O–H groups in total. The van der Waals surface area contributed by atoms with Gasteiger partial charge in [-0.15, -0.1) is 0 Å². The maximum atomic E-state index is 12.2. The molecule has 98 valence electrons. The van der Waals surface area contributed by atoms with Crippen LogP contribution in [-0.2, 0) is 10.3 Å². The van der Waals surface area contributed by atoms with Crippen LogP contribution >= 0.6 is 0 Å². The molecule has 4 rings (SSSR count). The normalized spacial score (nSPS) is 15.9. The Kier molecular flexibility index (Phi) is 2.15. The van der Waals surface area contributed by atoms with Crippen molar-refractivity contribution in [3.63, 3.8) is 0 Å². The number of carbonyl (C=O) groups is 1. The van der Waals surface area contributed by atoms with E-state index in [-0.39, 0.29) is 5.97 Å². The quantitative estimate of drug-likeness (QED) is 0.667. The molecule has 4 nitrogen and oxygen atoms in total. The first kappa shape index (κ1) is 11.1. The van der Waals surface area contributed by atoms with Crippen LogP contribution in [0.2, 0.25) is 0 Å². The second kappa shape index (κ2) is 3.87. The van der Waals surface area contributed by atoms with Crippen molar-refractivity contribution >= 4 is 5.97 Å². The van der Waals surface area contributed by atoms with Gasteiger partial charge in [-0.1, -0.05) is 18.2 Å². The SMILES string of the molecule is O=C1OC(c2ccoc2)(c2ccoc2)c2ccccc21. The van der Waals surface area contributed by atoms with Gasteiger partial charge in [-0.2, -0.15) is 0 Å². The molecule has 0 unspecified atom stereocenters. The number of furan rings is 2. The zero-order chi connectivity index (χ0) is 13.6. The summed E-state index contributed by atoms with van der Waals surface area (Å²) in [7, 11) is 0. The second-order valence-corrected chi connectivity index (χ2v) is 4.64. The van der Waals surface area contributed by atoms with Crippen LogP contribution in [0.1, 0.15) is 27.0 Å². The van der Waals surface area contributed by atoms with Crippen LogP contribution in [0.15, 0.2) is 70.3 Å². The van der Waals surface area contributed by atoms with Gasteiger partial charge in [-0.3, -0.25) is 0 Å². The van der Waals surface area contributed by atoms with E-state index in [2.05, 4.69) is 0 Å². The highest BCUT2D eigenvalue weighted by molar-refractivity contribution is 5.96. The summed E-state index contributed by atoms with van der Waals surface area (Å²) in [5.74, 6) is -0.344. The number of fused-ring (bicyclic) bond motifs is 1. The van der Waals surface area contributed by atoms with E-state index >= 15 is 0 Å². The summed E-state index contributed by atoms with van der Waals surface area (Å²) in [4.78, 5) is 12.2. The number of benzene rings is 1. The Labute approximate surface area is 114 Å². The van der Waals surface area contributed by atoms with Crippen molar-refractivity contribution in [2.75, 3.05) is 0 Å². The molecular formula is C16H10O4. The Morgan fingerprint density at radius 1 is 0.850 bits per heavy atom. The molecule has 4 heteroatoms. The summed E-state index contributed by atoms with van der Waals surface area (Å²) in [6, 6.07) is 10.9. The molecule has 1 aromatic carbocycles. The molecule has 0 spiro atoms. The summed E-state index contributed by atoms with van der Waals surface area (Å²) in [5, 5.41) is 0. The Hall–Kier alpha value is -2.75. The first-order valence-electron chi connectivity index (χ1n) is 6.20. The van der Waals surface area contributed by atoms with Gasteiger partial charge >= 0.3 is 5.97 Å². The average molecular weight is 266 g/mol. The Balaban J connectivity index is 2.07. The summed E-state index contributed by atoms with van der Waals surface area (Å²) in [6.45, 7) is 0. The predicted octanol–water partition coefficient (Wildman–Crippen LogP) is 3.33. The molecule has 3 aromatic rings. The van der Waals surface area contributed by atoms with Gasteiger partial charge in [0.2, 0.25) is 0 Å². The van der Waals surface area contributed by atoms with Crippen LogP contribution in [0.5, 0.6) is 0 Å². The average Bonchev–Trinajstić information content (AvgIpc) is 3.20. The number of cyclic esters (lactones) is 1. The van der Waals surface area contributed by atoms with E-state index < -0.39 is 5.60 Å². The molecule has 0 radical (unpaired) electrons. The lowest BCUT2D eigenvalue weighted by Crippen LogP contribution is -2.28. The Morgan fingerprint density at radius 2 is 1.50 bits per heavy atom. The smallest absolute Gasteiger partial charge is 0.340 e. The number of esters is 1. The third kappa shape index (κ3) is 1.28. The zero-order valence-corrected chi connectivity index (χ0v) is 10.4. The van der Waals surface area contributed by atoms with Crippen molar-refractivity contribution in [3.05, 3.63) is 83.7 Å². The highest BCUT2D eigenvalue weighted by Crippen LogP contribution is 2.47. The summed E-state index contributed by atoms with van der Waals surface area (Å²) >= 11 is 0. The first-order chi connectivity index (χ1) is 9.82. The minimum Gasteiger partial charge on any atom is -0.472 e. The molecule has 0 aliphatic carbocycles. The Bertz CT molecular complexity index is 719. The molecule has 0 amide bonds. The number of carbonyl (C=O) groups excluding carboxylic acids is 1. The Morgan fingerprint density at radius 3 is 2.10 bits per heavy atom. The van der Waals surface area contributed by atoms with Crippen LogP contribution in [0.3, 0.4) is 0 Å². The van der Waals surface area contributed by atoms with E-state index in [1.54, 1.807) is 43.3 Å². The zero-order valence-electron chi connectivity index (χ0n) is 10.4. The molecule has 0 saturated carbocycles. The predicted molar refractivity (Wildman–Crippen MR) is 69.2 cm³/mol. The number of hydrogen-bond acceptors (Lipinski definition) is 4. The molecule has 0 saturated heterocycles. The van der Waals surface area contributed by atoms with Gasteiger partial charge in [-0.25, -0.2) is 4.79 Å². The maximum absolute atomic E-state index is 12.2. The van der Waals surface area contributed by atoms with Gasteiger partial charge in [0.05, 0.1) is 30.6 Å². The second-order valence-electron chi connectivity index (χ2n) is 4.64. The van der Waals surface area contributed by atoms with Crippen LogP contribution < -0.4 is 0 Å². The van der Waals surface area contributed by atoms with E-state index in [9.17, 15) is 4.79 Å². The maximum Gasteiger partial charge on any atom is 0.340 e. The van der Waals surface area contributed by atoms with Crippen LogP contribution in [-0.4, -0.2) is 5.97 Å². The van der Waals surface area contributed by atoms with Gasteiger partial charge in [0.25, 0.3) is 0 Å². The monoisotopic (exact) mass is 266 g/mol. The molecule has 1 aliphatic heterocycles.